The molecule has 2 atom stereocenters. The van der Waals surface area contributed by atoms with E-state index in [0.717, 1.165) is 6.07 Å². The summed E-state index contributed by atoms with van der Waals surface area (Å²) in [6.07, 6.45) is -1.59. The predicted octanol–water partition coefficient (Wildman–Crippen LogP) is 6.59. The van der Waals surface area contributed by atoms with Crippen LogP contribution in [0.1, 0.15) is 11.7 Å². The van der Waals surface area contributed by atoms with Crippen molar-refractivity contribution in [3.05, 3.63) is 32.8 Å². The number of halogens is 7. The number of fused-ring (bicyclic) bond motifs is 1. The SMILES string of the molecule is O=[N+]([O-])c1cc(Cl)cc2c1OP(=O)(C(Cl)(Cl)Cl)OC2C(Cl)(Cl)Cl. The molecule has 0 saturated carbocycles. The summed E-state index contributed by atoms with van der Waals surface area (Å²) in [7, 11) is -4.57. The van der Waals surface area contributed by atoms with E-state index in [9.17, 15) is 14.7 Å². The smallest absolute Gasteiger partial charge is 0.414 e. The number of hydrogen-bond acceptors (Lipinski definition) is 5. The molecule has 2 unspecified atom stereocenters. The van der Waals surface area contributed by atoms with Gasteiger partial charge in [0.15, 0.2) is 0 Å². The molecule has 1 aromatic rings. The minimum absolute atomic E-state index is 0.0625. The fourth-order valence-corrected chi connectivity index (χ4v) is 4.53. The van der Waals surface area contributed by atoms with Crippen molar-refractivity contribution < 1.29 is 18.5 Å². The lowest BCUT2D eigenvalue weighted by Gasteiger charge is -2.36. The van der Waals surface area contributed by atoms with E-state index in [1.165, 1.54) is 6.07 Å². The van der Waals surface area contributed by atoms with E-state index in [1.807, 2.05) is 0 Å². The molecule has 23 heavy (non-hydrogen) atoms. The Labute approximate surface area is 164 Å². The van der Waals surface area contributed by atoms with Crippen LogP contribution in [0.5, 0.6) is 5.75 Å². The highest BCUT2D eigenvalue weighted by Gasteiger charge is 2.58. The average molecular weight is 484 g/mol. The second kappa shape index (κ2) is 6.42. The highest BCUT2D eigenvalue weighted by Crippen LogP contribution is 2.73. The van der Waals surface area contributed by atoms with Crippen LogP contribution in [0.15, 0.2) is 12.1 Å². The van der Waals surface area contributed by atoms with E-state index in [1.54, 1.807) is 0 Å². The Morgan fingerprint density at radius 3 is 2.17 bits per heavy atom. The third-order valence-corrected chi connectivity index (χ3v) is 6.81. The molecule has 0 spiro atoms. The van der Waals surface area contributed by atoms with E-state index in [2.05, 4.69) is 0 Å². The van der Waals surface area contributed by atoms with Gasteiger partial charge in [-0.1, -0.05) is 81.2 Å². The molecule has 0 amide bonds. The first-order valence-electron chi connectivity index (χ1n) is 5.35. The van der Waals surface area contributed by atoms with Crippen molar-refractivity contribution in [2.24, 2.45) is 0 Å². The van der Waals surface area contributed by atoms with Crippen molar-refractivity contribution in [2.75, 3.05) is 0 Å². The number of nitro groups is 1. The van der Waals surface area contributed by atoms with Crippen LogP contribution in [-0.2, 0) is 9.09 Å². The minimum atomic E-state index is -4.57. The molecule has 14 heteroatoms. The van der Waals surface area contributed by atoms with Gasteiger partial charge in [0.05, 0.1) is 4.92 Å². The van der Waals surface area contributed by atoms with Gasteiger partial charge in [-0.05, 0) is 6.07 Å². The molecular weight excluding hydrogens is 481 g/mol. The van der Waals surface area contributed by atoms with Gasteiger partial charge in [-0.3, -0.25) is 14.6 Å². The van der Waals surface area contributed by atoms with E-state index in [4.69, 9.17) is 90.3 Å². The summed E-state index contributed by atoms with van der Waals surface area (Å²) in [5.74, 6) is -0.517. The minimum Gasteiger partial charge on any atom is -0.414 e. The van der Waals surface area contributed by atoms with Crippen molar-refractivity contribution in [1.82, 2.24) is 0 Å². The van der Waals surface area contributed by atoms with E-state index in [-0.39, 0.29) is 10.6 Å². The van der Waals surface area contributed by atoms with Gasteiger partial charge in [0.1, 0.15) is 6.10 Å². The monoisotopic (exact) mass is 481 g/mol. The van der Waals surface area contributed by atoms with Crippen LogP contribution in [0.4, 0.5) is 5.69 Å². The van der Waals surface area contributed by atoms with Crippen LogP contribution >= 0.6 is 88.8 Å². The van der Waals surface area contributed by atoms with Gasteiger partial charge in [-0.2, -0.15) is 0 Å². The summed E-state index contributed by atoms with van der Waals surface area (Å²) in [4.78, 5) is 10.3. The number of rotatable bonds is 1. The first-order valence-corrected chi connectivity index (χ1v) is 9.54. The Hall–Kier alpha value is 0.640. The largest absolute Gasteiger partial charge is 0.431 e. The fourth-order valence-electron chi connectivity index (χ4n) is 1.71. The predicted molar refractivity (Wildman–Crippen MR) is 90.7 cm³/mol. The van der Waals surface area contributed by atoms with Crippen LogP contribution < -0.4 is 4.52 Å². The molecule has 1 aliphatic rings. The molecule has 0 saturated heterocycles. The lowest BCUT2D eigenvalue weighted by atomic mass is 10.1. The van der Waals surface area contributed by atoms with Crippen LogP contribution in [-0.4, -0.2) is 12.2 Å². The molecule has 1 aromatic carbocycles. The summed E-state index contributed by atoms with van der Waals surface area (Å²) in [6, 6.07) is 2.14. The van der Waals surface area contributed by atoms with Gasteiger partial charge in [0.2, 0.25) is 9.54 Å². The third kappa shape index (κ3) is 3.91. The number of hydrogen-bond donors (Lipinski definition) is 0. The van der Waals surface area contributed by atoms with Crippen molar-refractivity contribution in [3.63, 3.8) is 0 Å². The zero-order valence-corrected chi connectivity index (χ0v) is 16.5. The number of nitrogens with zero attached hydrogens (tertiary/aromatic N) is 1. The molecule has 1 aliphatic heterocycles. The van der Waals surface area contributed by atoms with Crippen LogP contribution in [0.25, 0.3) is 0 Å². The van der Waals surface area contributed by atoms with E-state index in [0.29, 0.717) is 0 Å². The quantitative estimate of drug-likeness (QED) is 0.195. The summed E-state index contributed by atoms with van der Waals surface area (Å²) in [5, 5.41) is 11.1. The van der Waals surface area contributed by atoms with E-state index < -0.39 is 37.4 Å². The first-order chi connectivity index (χ1) is 10.3. The van der Waals surface area contributed by atoms with Gasteiger partial charge >= 0.3 is 16.8 Å². The standard InChI is InChI=1S/C9H3Cl7NO5P/c10-3-1-4-6(5(2-3)17(18)19)21-23(20,9(14,15)16)22-7(4)8(11,12)13/h1-2,7H. The maximum Gasteiger partial charge on any atom is 0.431 e. The number of nitro benzene ring substituents is 1. The third-order valence-electron chi connectivity index (χ3n) is 2.61. The molecular formula is C9H3Cl7NO5P. The average Bonchev–Trinajstić information content (AvgIpc) is 2.35. The lowest BCUT2D eigenvalue weighted by molar-refractivity contribution is -0.385. The van der Waals surface area contributed by atoms with Gasteiger partial charge in [0, 0.05) is 16.7 Å². The number of alkyl halides is 6. The normalized spacial score (nSPS) is 24.7. The topological polar surface area (TPSA) is 78.7 Å². The Morgan fingerprint density at radius 1 is 1.17 bits per heavy atom. The highest BCUT2D eigenvalue weighted by molar-refractivity contribution is 7.63. The highest BCUT2D eigenvalue weighted by atomic mass is 35.6. The Morgan fingerprint density at radius 2 is 1.74 bits per heavy atom. The lowest BCUT2D eigenvalue weighted by Crippen LogP contribution is -2.28. The Bertz CT molecular complexity index is 715. The molecule has 0 bridgehead atoms. The summed E-state index contributed by atoms with van der Waals surface area (Å²) >= 11 is 39.9. The van der Waals surface area contributed by atoms with Gasteiger partial charge in [-0.15, -0.1) is 0 Å². The van der Waals surface area contributed by atoms with Crippen LogP contribution in [0, 0.1) is 10.1 Å². The van der Waals surface area contributed by atoms with Gasteiger partial charge in [-0.25, -0.2) is 4.57 Å². The molecule has 6 nitrogen and oxygen atoms in total. The molecule has 0 aromatic heterocycles. The van der Waals surface area contributed by atoms with Crippen molar-refractivity contribution in [2.45, 2.75) is 13.4 Å². The van der Waals surface area contributed by atoms with Gasteiger partial charge in [0.25, 0.3) is 0 Å². The second-order valence-corrected chi connectivity index (χ2v) is 12.1. The van der Waals surface area contributed by atoms with Crippen molar-refractivity contribution in [1.29, 1.82) is 0 Å². The molecule has 0 aliphatic carbocycles. The van der Waals surface area contributed by atoms with E-state index >= 15 is 0 Å². The Balaban J connectivity index is 2.77. The fraction of sp³-hybridized carbons (Fsp3) is 0.333. The molecule has 0 radical (unpaired) electrons. The molecule has 1 heterocycles. The zero-order valence-electron chi connectivity index (χ0n) is 10.3. The molecule has 0 fully saturated rings. The van der Waals surface area contributed by atoms with Crippen molar-refractivity contribution >= 4 is 94.5 Å². The Kier molecular flexibility index (Phi) is 5.57. The number of benzene rings is 1. The second-order valence-electron chi connectivity index (χ2n) is 4.18. The molecule has 2 rings (SSSR count). The first kappa shape index (κ1) is 20.0. The maximum absolute atomic E-state index is 12.7. The van der Waals surface area contributed by atoms with Crippen LogP contribution in [0.3, 0.4) is 0 Å². The molecule has 0 N–H and O–H groups in total. The van der Waals surface area contributed by atoms with Crippen LogP contribution in [0.2, 0.25) is 5.02 Å². The van der Waals surface area contributed by atoms with Crippen molar-refractivity contribution in [3.8, 4) is 5.75 Å². The summed E-state index contributed by atoms with van der Waals surface area (Å²) in [5.41, 5.74) is -0.769. The zero-order chi connectivity index (χ0) is 17.8. The molecule has 128 valence electrons. The van der Waals surface area contributed by atoms with Gasteiger partial charge < -0.3 is 4.52 Å². The summed E-state index contributed by atoms with van der Waals surface area (Å²) in [6.45, 7) is 0. The summed E-state index contributed by atoms with van der Waals surface area (Å²) < 4.78 is 18.0. The maximum atomic E-state index is 12.7.